The van der Waals surface area contributed by atoms with Crippen molar-refractivity contribution >= 4 is 6.09 Å². The van der Waals surface area contributed by atoms with Crippen molar-refractivity contribution in [1.82, 2.24) is 5.32 Å². The number of ether oxygens (including phenoxy) is 1. The van der Waals surface area contributed by atoms with E-state index in [0.717, 1.165) is 0 Å². The van der Waals surface area contributed by atoms with Crippen LogP contribution < -0.4 is 5.32 Å². The summed E-state index contributed by atoms with van der Waals surface area (Å²) in [5.41, 5.74) is 0.867. The number of rotatable bonds is 3. The molecule has 1 aromatic carbocycles. The molecule has 0 heterocycles. The zero-order valence-electron chi connectivity index (χ0n) is 12.3. The van der Waals surface area contributed by atoms with E-state index in [0.29, 0.717) is 13.0 Å². The van der Waals surface area contributed by atoms with E-state index in [-0.39, 0.29) is 6.61 Å². The van der Waals surface area contributed by atoms with Crippen molar-refractivity contribution in [2.75, 3.05) is 13.2 Å². The van der Waals surface area contributed by atoms with Crippen LogP contribution in [0.4, 0.5) is 4.79 Å². The van der Waals surface area contributed by atoms with Gasteiger partial charge in [-0.15, -0.1) is 0 Å². The summed E-state index contributed by atoms with van der Waals surface area (Å²) in [6.45, 7) is 8.02. The predicted molar refractivity (Wildman–Crippen MR) is 77.1 cm³/mol. The van der Waals surface area contributed by atoms with Gasteiger partial charge in [0.15, 0.2) is 0 Å². The van der Waals surface area contributed by atoms with Gasteiger partial charge in [0.05, 0.1) is 0 Å². The van der Waals surface area contributed by atoms with E-state index in [1.54, 1.807) is 20.8 Å². The number of aliphatic hydroxyl groups is 1. The van der Waals surface area contributed by atoms with Crippen LogP contribution in [0.25, 0.3) is 0 Å². The van der Waals surface area contributed by atoms with Crippen LogP contribution >= 0.6 is 0 Å². The van der Waals surface area contributed by atoms with Crippen LogP contribution in [0.2, 0.25) is 0 Å². The van der Waals surface area contributed by atoms with E-state index in [4.69, 9.17) is 9.84 Å². The van der Waals surface area contributed by atoms with Gasteiger partial charge < -0.3 is 15.2 Å². The molecule has 1 aromatic rings. The normalized spacial score (nSPS) is 10.2. The summed E-state index contributed by atoms with van der Waals surface area (Å²) in [6.07, 6.45) is 0.120. The number of amides is 1. The Morgan fingerprint density at radius 1 is 1.26 bits per heavy atom. The van der Waals surface area contributed by atoms with Gasteiger partial charge in [-0.3, -0.25) is 0 Å². The quantitative estimate of drug-likeness (QED) is 0.828. The molecular formula is C15H25NO3. The van der Waals surface area contributed by atoms with Crippen LogP contribution in [0.3, 0.4) is 0 Å². The number of aliphatic hydroxyl groups excluding tert-OH is 1. The second-order valence-corrected chi connectivity index (χ2v) is 5.16. The largest absolute Gasteiger partial charge is 0.444 e. The van der Waals surface area contributed by atoms with E-state index in [1.807, 2.05) is 18.2 Å². The molecule has 0 fully saturated rings. The maximum atomic E-state index is 10.9. The van der Waals surface area contributed by atoms with Crippen LogP contribution in [-0.4, -0.2) is 30.0 Å². The second kappa shape index (κ2) is 9.39. The van der Waals surface area contributed by atoms with Crippen LogP contribution in [0.1, 0.15) is 32.8 Å². The van der Waals surface area contributed by atoms with Crippen molar-refractivity contribution in [3.8, 4) is 0 Å². The second-order valence-electron chi connectivity index (χ2n) is 5.16. The van der Waals surface area contributed by atoms with Gasteiger partial charge >= 0.3 is 6.09 Å². The highest BCUT2D eigenvalue weighted by Crippen LogP contribution is 2.06. The lowest BCUT2D eigenvalue weighted by atomic mass is 10.2. The molecule has 0 saturated carbocycles. The zero-order chi connectivity index (χ0) is 14.7. The molecule has 0 saturated heterocycles. The summed E-state index contributed by atoms with van der Waals surface area (Å²) in [7, 11) is 0. The minimum atomic E-state index is -0.455. The fourth-order valence-corrected chi connectivity index (χ4v) is 1.12. The molecule has 1 amide bonds. The summed E-state index contributed by atoms with van der Waals surface area (Å²) in [4.78, 5) is 10.9. The number of hydrogen-bond donors (Lipinski definition) is 2. The van der Waals surface area contributed by atoms with E-state index < -0.39 is 11.7 Å². The first-order valence-electron chi connectivity index (χ1n) is 6.44. The first-order chi connectivity index (χ1) is 8.85. The topological polar surface area (TPSA) is 58.6 Å². The summed E-state index contributed by atoms with van der Waals surface area (Å²) < 4.78 is 4.95. The molecule has 0 atom stereocenters. The van der Waals surface area contributed by atoms with Crippen molar-refractivity contribution in [3.05, 3.63) is 35.9 Å². The number of hydrogen-bond acceptors (Lipinski definition) is 3. The average molecular weight is 267 g/mol. The third kappa shape index (κ3) is 12.7. The third-order valence-corrected chi connectivity index (χ3v) is 1.94. The fourth-order valence-electron chi connectivity index (χ4n) is 1.12. The number of carbonyl (C=O) groups excluding carboxylic acids is 1. The highest BCUT2D eigenvalue weighted by molar-refractivity contribution is 5.67. The molecule has 0 aliphatic carbocycles. The molecule has 0 aliphatic heterocycles. The fraction of sp³-hybridized carbons (Fsp3) is 0.533. The molecule has 0 unspecified atom stereocenters. The van der Waals surface area contributed by atoms with E-state index in [2.05, 4.69) is 24.4 Å². The van der Waals surface area contributed by atoms with Gasteiger partial charge in [0.1, 0.15) is 5.60 Å². The predicted octanol–water partition coefficient (Wildman–Crippen LogP) is 2.89. The van der Waals surface area contributed by atoms with Gasteiger partial charge in [0.25, 0.3) is 0 Å². The lowest BCUT2D eigenvalue weighted by Gasteiger charge is -2.19. The molecule has 0 bridgehead atoms. The van der Waals surface area contributed by atoms with Crippen LogP contribution in [0.5, 0.6) is 0 Å². The summed E-state index contributed by atoms with van der Waals surface area (Å²) >= 11 is 0. The Labute approximate surface area is 115 Å². The Kier molecular flexibility index (Phi) is 8.62. The highest BCUT2D eigenvalue weighted by atomic mass is 16.6. The first kappa shape index (κ1) is 17.4. The third-order valence-electron chi connectivity index (χ3n) is 1.94. The Morgan fingerprint density at radius 2 is 1.84 bits per heavy atom. The zero-order valence-corrected chi connectivity index (χ0v) is 12.3. The number of carbonyl (C=O) groups is 1. The molecule has 0 spiro atoms. The van der Waals surface area contributed by atoms with Crippen molar-refractivity contribution < 1.29 is 14.6 Å². The number of aryl methyl sites for hydroxylation is 1. The number of benzene rings is 1. The van der Waals surface area contributed by atoms with Crippen molar-refractivity contribution in [3.63, 3.8) is 0 Å². The Hall–Kier alpha value is -1.55. The minimum Gasteiger partial charge on any atom is -0.444 e. The van der Waals surface area contributed by atoms with Gasteiger partial charge in [-0.25, -0.2) is 4.79 Å². The molecule has 0 aromatic heterocycles. The first-order valence-corrected chi connectivity index (χ1v) is 6.44. The van der Waals surface area contributed by atoms with Crippen molar-refractivity contribution in [2.45, 2.75) is 39.7 Å². The Morgan fingerprint density at radius 3 is 2.21 bits per heavy atom. The molecule has 1 rings (SSSR count). The SMILES string of the molecule is CC(C)(C)OC(=O)NCCCO.Cc1ccccc1. The standard InChI is InChI=1S/C8H17NO3.C7H8/c1-8(2,3)12-7(11)9-5-4-6-10;1-7-5-3-2-4-6-7/h10H,4-6H2,1-3H3,(H,9,11);2-6H,1H3. The number of alkyl carbamates (subject to hydrolysis) is 1. The summed E-state index contributed by atoms with van der Waals surface area (Å²) in [5.74, 6) is 0. The van der Waals surface area contributed by atoms with E-state index in [9.17, 15) is 4.79 Å². The smallest absolute Gasteiger partial charge is 0.407 e. The van der Waals surface area contributed by atoms with Gasteiger partial charge in [-0.1, -0.05) is 35.9 Å². The summed E-state index contributed by atoms with van der Waals surface area (Å²) in [6, 6.07) is 10.3. The molecular weight excluding hydrogens is 242 g/mol. The van der Waals surface area contributed by atoms with Gasteiger partial charge in [0.2, 0.25) is 0 Å². The average Bonchev–Trinajstić information content (AvgIpc) is 2.29. The summed E-state index contributed by atoms with van der Waals surface area (Å²) in [5, 5.41) is 10.9. The molecule has 4 nitrogen and oxygen atoms in total. The van der Waals surface area contributed by atoms with Gasteiger partial charge in [-0.05, 0) is 34.1 Å². The molecule has 0 aliphatic rings. The van der Waals surface area contributed by atoms with Crippen LogP contribution in [0.15, 0.2) is 30.3 Å². The van der Waals surface area contributed by atoms with Crippen LogP contribution in [-0.2, 0) is 4.74 Å². The van der Waals surface area contributed by atoms with E-state index >= 15 is 0 Å². The lowest BCUT2D eigenvalue weighted by Crippen LogP contribution is -2.33. The monoisotopic (exact) mass is 267 g/mol. The molecule has 108 valence electrons. The maximum absolute atomic E-state index is 10.9. The highest BCUT2D eigenvalue weighted by Gasteiger charge is 2.15. The van der Waals surface area contributed by atoms with Crippen LogP contribution in [0, 0.1) is 6.92 Å². The van der Waals surface area contributed by atoms with Crippen molar-refractivity contribution in [2.24, 2.45) is 0 Å². The molecule has 0 radical (unpaired) electrons. The minimum absolute atomic E-state index is 0.0792. The van der Waals surface area contributed by atoms with E-state index in [1.165, 1.54) is 5.56 Å². The van der Waals surface area contributed by atoms with Crippen molar-refractivity contribution in [1.29, 1.82) is 0 Å². The van der Waals surface area contributed by atoms with Gasteiger partial charge in [0, 0.05) is 13.2 Å². The molecule has 2 N–H and O–H groups in total. The Balaban J connectivity index is 0.000000388. The number of nitrogens with one attached hydrogen (secondary N) is 1. The maximum Gasteiger partial charge on any atom is 0.407 e. The molecule has 19 heavy (non-hydrogen) atoms. The lowest BCUT2D eigenvalue weighted by molar-refractivity contribution is 0.0525. The molecule has 4 heteroatoms. The van der Waals surface area contributed by atoms with Gasteiger partial charge in [-0.2, -0.15) is 0 Å². The Bertz CT molecular complexity index is 344.